The third-order valence-electron chi connectivity index (χ3n) is 4.41. The fourth-order valence-corrected chi connectivity index (χ4v) is 3.35. The molecule has 1 aromatic carbocycles. The van der Waals surface area contributed by atoms with Crippen LogP contribution in [0, 0.1) is 5.41 Å². The zero-order valence-electron chi connectivity index (χ0n) is 11.4. The van der Waals surface area contributed by atoms with Gasteiger partial charge in [0.1, 0.15) is 0 Å². The van der Waals surface area contributed by atoms with Crippen molar-refractivity contribution in [2.45, 2.75) is 25.7 Å². The molecule has 20 heavy (non-hydrogen) atoms. The second-order valence-electron chi connectivity index (χ2n) is 5.70. The van der Waals surface area contributed by atoms with Crippen LogP contribution >= 0.6 is 15.9 Å². The highest BCUT2D eigenvalue weighted by Gasteiger charge is 2.36. The van der Waals surface area contributed by atoms with E-state index in [0.717, 1.165) is 34.0 Å². The Bertz CT molecular complexity index is 610. The number of rotatable bonds is 5. The summed E-state index contributed by atoms with van der Waals surface area (Å²) < 4.78 is 1.06. The molecular formula is C16H19BrN2O. The van der Waals surface area contributed by atoms with Gasteiger partial charge in [0.2, 0.25) is 0 Å². The molecule has 0 unspecified atom stereocenters. The summed E-state index contributed by atoms with van der Waals surface area (Å²) in [4.78, 5) is 4.40. The van der Waals surface area contributed by atoms with Gasteiger partial charge in [-0.15, -0.1) is 0 Å². The molecule has 1 aliphatic carbocycles. The van der Waals surface area contributed by atoms with Gasteiger partial charge in [0.25, 0.3) is 0 Å². The van der Waals surface area contributed by atoms with E-state index >= 15 is 0 Å². The molecular weight excluding hydrogens is 316 g/mol. The monoisotopic (exact) mass is 334 g/mol. The van der Waals surface area contributed by atoms with Crippen LogP contribution in [-0.4, -0.2) is 23.2 Å². The molecule has 0 aliphatic heterocycles. The van der Waals surface area contributed by atoms with Crippen LogP contribution in [0.25, 0.3) is 10.9 Å². The van der Waals surface area contributed by atoms with Crippen molar-refractivity contribution in [3.8, 4) is 0 Å². The Balaban J connectivity index is 1.82. The average Bonchev–Trinajstić information content (AvgIpc) is 2.41. The molecule has 2 aromatic rings. The molecule has 0 amide bonds. The molecule has 1 saturated carbocycles. The van der Waals surface area contributed by atoms with Gasteiger partial charge in [-0.2, -0.15) is 0 Å². The molecule has 3 nitrogen and oxygen atoms in total. The second kappa shape index (κ2) is 5.70. The summed E-state index contributed by atoms with van der Waals surface area (Å²) >= 11 is 3.52. The Hall–Kier alpha value is -1.13. The van der Waals surface area contributed by atoms with Gasteiger partial charge >= 0.3 is 0 Å². The van der Waals surface area contributed by atoms with Crippen molar-refractivity contribution >= 4 is 32.5 Å². The van der Waals surface area contributed by atoms with Crippen LogP contribution in [0.2, 0.25) is 0 Å². The molecule has 1 aromatic heterocycles. The van der Waals surface area contributed by atoms with Crippen molar-refractivity contribution in [2.75, 3.05) is 18.5 Å². The maximum absolute atomic E-state index is 9.23. The smallest absolute Gasteiger partial charge is 0.0723 e. The minimum atomic E-state index is 0.282. The Labute approximate surface area is 127 Å². The number of nitrogens with one attached hydrogen (secondary N) is 1. The van der Waals surface area contributed by atoms with Crippen LogP contribution in [0.3, 0.4) is 0 Å². The van der Waals surface area contributed by atoms with E-state index in [1.807, 2.05) is 24.4 Å². The second-order valence-corrected chi connectivity index (χ2v) is 6.62. The van der Waals surface area contributed by atoms with E-state index in [9.17, 15) is 5.11 Å². The minimum Gasteiger partial charge on any atom is -0.396 e. The quantitative estimate of drug-likeness (QED) is 0.869. The molecule has 0 spiro atoms. The summed E-state index contributed by atoms with van der Waals surface area (Å²) in [7, 11) is 0. The highest BCUT2D eigenvalue weighted by atomic mass is 79.9. The molecule has 0 bridgehead atoms. The van der Waals surface area contributed by atoms with Crippen molar-refractivity contribution in [3.63, 3.8) is 0 Å². The number of aliphatic hydroxyl groups is 1. The largest absolute Gasteiger partial charge is 0.396 e. The van der Waals surface area contributed by atoms with Gasteiger partial charge in [0, 0.05) is 34.9 Å². The Morgan fingerprint density at radius 1 is 1.30 bits per heavy atom. The Morgan fingerprint density at radius 3 is 2.85 bits per heavy atom. The van der Waals surface area contributed by atoms with E-state index in [2.05, 4.69) is 32.3 Å². The first-order valence-electron chi connectivity index (χ1n) is 7.11. The van der Waals surface area contributed by atoms with E-state index in [0.29, 0.717) is 0 Å². The highest BCUT2D eigenvalue weighted by molar-refractivity contribution is 9.10. The molecule has 1 heterocycles. The summed E-state index contributed by atoms with van der Waals surface area (Å²) in [6.45, 7) is 1.21. The molecule has 1 aliphatic rings. The SMILES string of the molecule is OCCC1(CNc2ccnc3ccc(Br)cc23)CCC1. The molecule has 1 fully saturated rings. The summed E-state index contributed by atoms with van der Waals surface area (Å²) in [5.74, 6) is 0. The number of nitrogens with zero attached hydrogens (tertiary/aromatic N) is 1. The van der Waals surface area contributed by atoms with Crippen molar-refractivity contribution in [1.82, 2.24) is 4.98 Å². The van der Waals surface area contributed by atoms with Gasteiger partial charge in [-0.3, -0.25) is 4.98 Å². The number of pyridine rings is 1. The van der Waals surface area contributed by atoms with E-state index in [4.69, 9.17) is 0 Å². The summed E-state index contributed by atoms with van der Waals surface area (Å²) in [6.07, 6.45) is 6.45. The Morgan fingerprint density at radius 2 is 2.15 bits per heavy atom. The maximum Gasteiger partial charge on any atom is 0.0723 e. The summed E-state index contributed by atoms with van der Waals surface area (Å²) in [5.41, 5.74) is 2.42. The third kappa shape index (κ3) is 2.67. The molecule has 4 heteroatoms. The third-order valence-corrected chi connectivity index (χ3v) is 4.91. The Kier molecular flexibility index (Phi) is 3.94. The van der Waals surface area contributed by atoms with Crippen LogP contribution < -0.4 is 5.32 Å². The van der Waals surface area contributed by atoms with Crippen molar-refractivity contribution in [2.24, 2.45) is 5.41 Å². The van der Waals surface area contributed by atoms with Crippen LogP contribution in [0.15, 0.2) is 34.9 Å². The molecule has 0 saturated heterocycles. The zero-order chi connectivity index (χ0) is 14.0. The molecule has 0 radical (unpaired) electrons. The fraction of sp³-hybridized carbons (Fsp3) is 0.438. The number of aromatic nitrogens is 1. The molecule has 0 atom stereocenters. The summed E-state index contributed by atoms with van der Waals surface area (Å²) in [5, 5.41) is 13.9. The number of hydrogen-bond acceptors (Lipinski definition) is 3. The predicted octanol–water partition coefficient (Wildman–Crippen LogP) is 3.96. The number of fused-ring (bicyclic) bond motifs is 1. The lowest BCUT2D eigenvalue weighted by Gasteiger charge is -2.42. The minimum absolute atomic E-state index is 0.282. The van der Waals surface area contributed by atoms with Crippen LogP contribution in [0.1, 0.15) is 25.7 Å². The first-order chi connectivity index (χ1) is 9.72. The van der Waals surface area contributed by atoms with Crippen molar-refractivity contribution in [3.05, 3.63) is 34.9 Å². The number of hydrogen-bond donors (Lipinski definition) is 2. The predicted molar refractivity (Wildman–Crippen MR) is 85.9 cm³/mol. The number of anilines is 1. The first kappa shape index (κ1) is 13.8. The van der Waals surface area contributed by atoms with Gasteiger partial charge < -0.3 is 10.4 Å². The molecule has 3 rings (SSSR count). The van der Waals surface area contributed by atoms with Crippen LogP contribution in [0.5, 0.6) is 0 Å². The topological polar surface area (TPSA) is 45.1 Å². The lowest BCUT2D eigenvalue weighted by atomic mass is 9.67. The van der Waals surface area contributed by atoms with Crippen LogP contribution in [-0.2, 0) is 0 Å². The van der Waals surface area contributed by atoms with E-state index in [1.165, 1.54) is 19.3 Å². The van der Waals surface area contributed by atoms with Gasteiger partial charge in [-0.25, -0.2) is 0 Å². The van der Waals surface area contributed by atoms with Crippen LogP contribution in [0.4, 0.5) is 5.69 Å². The highest BCUT2D eigenvalue weighted by Crippen LogP contribution is 2.44. The summed E-state index contributed by atoms with van der Waals surface area (Å²) in [6, 6.07) is 8.17. The fourth-order valence-electron chi connectivity index (χ4n) is 2.98. The van der Waals surface area contributed by atoms with Gasteiger partial charge in [-0.1, -0.05) is 22.4 Å². The lowest BCUT2D eigenvalue weighted by molar-refractivity contribution is 0.102. The maximum atomic E-state index is 9.23. The average molecular weight is 335 g/mol. The lowest BCUT2D eigenvalue weighted by Crippen LogP contribution is -2.37. The van der Waals surface area contributed by atoms with Crippen molar-refractivity contribution < 1.29 is 5.11 Å². The van der Waals surface area contributed by atoms with Gasteiger partial charge in [-0.05, 0) is 48.9 Å². The zero-order valence-corrected chi connectivity index (χ0v) is 13.0. The number of aliphatic hydroxyl groups excluding tert-OH is 1. The standard InChI is InChI=1S/C16H19BrN2O/c17-12-2-3-14-13(10-12)15(4-8-18-14)19-11-16(7-9-20)5-1-6-16/h2-4,8,10,20H,1,5-7,9,11H2,(H,18,19). The molecule has 106 valence electrons. The van der Waals surface area contributed by atoms with Gasteiger partial charge in [0.15, 0.2) is 0 Å². The van der Waals surface area contributed by atoms with E-state index in [1.54, 1.807) is 0 Å². The number of halogens is 1. The van der Waals surface area contributed by atoms with E-state index < -0.39 is 0 Å². The van der Waals surface area contributed by atoms with E-state index in [-0.39, 0.29) is 12.0 Å². The number of benzene rings is 1. The van der Waals surface area contributed by atoms with Crippen molar-refractivity contribution in [1.29, 1.82) is 0 Å². The normalized spacial score (nSPS) is 16.9. The first-order valence-corrected chi connectivity index (χ1v) is 7.91. The molecule has 2 N–H and O–H groups in total. The van der Waals surface area contributed by atoms with Gasteiger partial charge in [0.05, 0.1) is 5.52 Å².